The molecule has 1 aliphatic rings. The lowest BCUT2D eigenvalue weighted by molar-refractivity contribution is 0.137. The third-order valence-corrected chi connectivity index (χ3v) is 4.97. The van der Waals surface area contributed by atoms with Crippen molar-refractivity contribution in [2.24, 2.45) is 10.4 Å². The summed E-state index contributed by atoms with van der Waals surface area (Å²) in [5.41, 5.74) is 0.157. The molecule has 0 saturated heterocycles. The number of hydrogen-bond donors (Lipinski definition) is 3. The highest BCUT2D eigenvalue weighted by Crippen LogP contribution is 2.39. The van der Waals surface area contributed by atoms with Crippen LogP contribution in [0.15, 0.2) is 27.8 Å². The molecule has 7 heteroatoms. The molecule has 1 aromatic heterocycles. The monoisotopic (exact) mass is 479 g/mol. The number of aliphatic imine (C=N–C) groups is 1. The minimum absolute atomic E-state index is 0. The van der Waals surface area contributed by atoms with E-state index in [-0.39, 0.29) is 36.0 Å². The first-order chi connectivity index (χ1) is 12.3. The van der Waals surface area contributed by atoms with Gasteiger partial charge in [0.15, 0.2) is 5.96 Å². The maximum atomic E-state index is 9.46. The van der Waals surface area contributed by atoms with Gasteiger partial charge in [-0.3, -0.25) is 4.99 Å². The molecule has 1 saturated carbocycles. The zero-order valence-electron chi connectivity index (χ0n) is 15.8. The van der Waals surface area contributed by atoms with Gasteiger partial charge in [-0.15, -0.1) is 24.0 Å². The van der Waals surface area contributed by atoms with E-state index in [1.807, 2.05) is 12.1 Å². The maximum absolute atomic E-state index is 9.46. The van der Waals surface area contributed by atoms with Crippen molar-refractivity contribution in [3.63, 3.8) is 0 Å². The van der Waals surface area contributed by atoms with Gasteiger partial charge in [0.05, 0.1) is 12.9 Å². The van der Waals surface area contributed by atoms with Gasteiger partial charge in [0.2, 0.25) is 0 Å². The van der Waals surface area contributed by atoms with Crippen LogP contribution < -0.4 is 10.6 Å². The Bertz CT molecular complexity index is 483. The third-order valence-electron chi connectivity index (χ3n) is 4.97. The molecule has 0 amide bonds. The zero-order valence-corrected chi connectivity index (χ0v) is 18.2. The Balaban J connectivity index is 0.00000338. The number of ether oxygens (including phenoxy) is 1. The summed E-state index contributed by atoms with van der Waals surface area (Å²) in [6, 6.07) is 3.89. The van der Waals surface area contributed by atoms with Crippen LogP contribution in [-0.4, -0.2) is 51.0 Å². The number of hydrogen-bond acceptors (Lipinski definition) is 4. The number of nitrogens with one attached hydrogen (secondary N) is 2. The van der Waals surface area contributed by atoms with Gasteiger partial charge in [-0.25, -0.2) is 0 Å². The predicted octanol–water partition coefficient (Wildman–Crippen LogP) is 2.95. The van der Waals surface area contributed by atoms with Crippen molar-refractivity contribution in [1.29, 1.82) is 0 Å². The number of guanidine groups is 1. The summed E-state index contributed by atoms with van der Waals surface area (Å²) in [7, 11) is 1.70. The first-order valence-electron chi connectivity index (χ1n) is 9.42. The molecule has 1 aliphatic carbocycles. The molecular formula is C19H34IN3O3. The number of nitrogens with zero attached hydrogens (tertiary/aromatic N) is 1. The van der Waals surface area contributed by atoms with Crippen molar-refractivity contribution in [1.82, 2.24) is 10.6 Å². The van der Waals surface area contributed by atoms with Crippen molar-refractivity contribution in [3.05, 3.63) is 24.2 Å². The van der Waals surface area contributed by atoms with Crippen molar-refractivity contribution in [2.75, 3.05) is 40.0 Å². The topological polar surface area (TPSA) is 79.0 Å². The highest BCUT2D eigenvalue weighted by molar-refractivity contribution is 14.0. The van der Waals surface area contributed by atoms with Crippen LogP contribution in [0.3, 0.4) is 0 Å². The van der Waals surface area contributed by atoms with Crippen LogP contribution >= 0.6 is 24.0 Å². The largest absolute Gasteiger partial charge is 0.469 e. The Morgan fingerprint density at radius 2 is 2.04 bits per heavy atom. The van der Waals surface area contributed by atoms with Crippen molar-refractivity contribution in [2.45, 2.75) is 44.9 Å². The number of aliphatic hydroxyl groups excluding tert-OH is 1. The first kappa shape index (κ1) is 23.2. The first-order valence-corrected chi connectivity index (χ1v) is 9.42. The van der Waals surface area contributed by atoms with Gasteiger partial charge in [0.25, 0.3) is 0 Å². The van der Waals surface area contributed by atoms with Crippen LogP contribution in [0.25, 0.3) is 0 Å². The number of rotatable bonds is 10. The summed E-state index contributed by atoms with van der Waals surface area (Å²) in [6.07, 6.45) is 9.47. The molecule has 0 unspecified atom stereocenters. The molecule has 0 bridgehead atoms. The van der Waals surface area contributed by atoms with Gasteiger partial charge in [-0.2, -0.15) is 0 Å². The lowest BCUT2D eigenvalue weighted by Gasteiger charge is -2.35. The quantitative estimate of drug-likeness (QED) is 0.208. The van der Waals surface area contributed by atoms with E-state index < -0.39 is 0 Å². The lowest BCUT2D eigenvalue weighted by Crippen LogP contribution is -2.41. The normalized spacial score (nSPS) is 16.8. The molecule has 26 heavy (non-hydrogen) atoms. The number of furan rings is 1. The third kappa shape index (κ3) is 8.26. The fourth-order valence-corrected chi connectivity index (χ4v) is 3.48. The van der Waals surface area contributed by atoms with E-state index in [1.54, 1.807) is 13.4 Å². The molecule has 1 aromatic rings. The number of methoxy groups -OCH3 is 1. The van der Waals surface area contributed by atoms with Gasteiger partial charge in [-0.1, -0.05) is 19.3 Å². The Labute approximate surface area is 174 Å². The summed E-state index contributed by atoms with van der Waals surface area (Å²) in [5.74, 6) is 1.78. The van der Waals surface area contributed by atoms with Crippen LogP contribution in [0.2, 0.25) is 0 Å². The molecule has 0 radical (unpaired) electrons. The fourth-order valence-electron chi connectivity index (χ4n) is 3.48. The van der Waals surface area contributed by atoms with Gasteiger partial charge >= 0.3 is 0 Å². The average molecular weight is 479 g/mol. The average Bonchev–Trinajstić information content (AvgIpc) is 3.14. The van der Waals surface area contributed by atoms with Crippen LogP contribution in [0, 0.1) is 5.41 Å². The second kappa shape index (κ2) is 13.4. The zero-order chi connectivity index (χ0) is 17.8. The number of aliphatic hydroxyl groups is 1. The molecule has 3 N–H and O–H groups in total. The van der Waals surface area contributed by atoms with Gasteiger partial charge in [0, 0.05) is 39.8 Å². The van der Waals surface area contributed by atoms with Crippen LogP contribution in [0.1, 0.15) is 44.3 Å². The van der Waals surface area contributed by atoms with E-state index in [0.717, 1.165) is 57.0 Å². The van der Waals surface area contributed by atoms with E-state index in [9.17, 15) is 5.11 Å². The van der Waals surface area contributed by atoms with E-state index in [4.69, 9.17) is 14.1 Å². The van der Waals surface area contributed by atoms with Crippen LogP contribution in [0.4, 0.5) is 0 Å². The molecule has 0 aromatic carbocycles. The summed E-state index contributed by atoms with van der Waals surface area (Å²) in [5, 5.41) is 16.2. The highest BCUT2D eigenvalue weighted by Gasteiger charge is 2.31. The summed E-state index contributed by atoms with van der Waals surface area (Å²) in [4.78, 5) is 4.83. The second-order valence-electron chi connectivity index (χ2n) is 6.87. The smallest absolute Gasteiger partial charge is 0.191 e. The Hall–Kier alpha value is -0.800. The molecule has 0 spiro atoms. The second-order valence-corrected chi connectivity index (χ2v) is 6.87. The fraction of sp³-hybridized carbons (Fsp3) is 0.737. The van der Waals surface area contributed by atoms with E-state index in [1.165, 1.54) is 19.3 Å². The molecule has 1 fully saturated rings. The molecule has 1 heterocycles. The molecule has 6 nitrogen and oxygen atoms in total. The predicted molar refractivity (Wildman–Crippen MR) is 115 cm³/mol. The van der Waals surface area contributed by atoms with E-state index in [0.29, 0.717) is 6.61 Å². The Morgan fingerprint density at radius 1 is 1.27 bits per heavy atom. The van der Waals surface area contributed by atoms with Gasteiger partial charge < -0.3 is 24.9 Å². The standard InChI is InChI=1S/C19H33N3O3.HI/c1-24-15-12-21-18(20-11-7-17-6-5-14-25-17)22-16-19(10-13-23)8-3-2-4-9-19;/h5-6,14,23H,2-4,7-13,15-16H2,1H3,(H2,20,21,22);1H. The molecule has 2 rings (SSSR count). The van der Waals surface area contributed by atoms with Crippen molar-refractivity contribution in [3.8, 4) is 0 Å². The minimum atomic E-state index is 0. The van der Waals surface area contributed by atoms with Crippen LogP contribution in [-0.2, 0) is 11.2 Å². The SMILES string of the molecule is COCCNC(=NCC1(CCO)CCCCC1)NCCc1ccco1.I. The lowest BCUT2D eigenvalue weighted by atomic mass is 9.72. The van der Waals surface area contributed by atoms with Gasteiger partial charge in [-0.05, 0) is 36.8 Å². The molecule has 0 aliphatic heterocycles. The van der Waals surface area contributed by atoms with E-state index >= 15 is 0 Å². The summed E-state index contributed by atoms with van der Waals surface area (Å²) in [6.45, 7) is 3.13. The minimum Gasteiger partial charge on any atom is -0.469 e. The summed E-state index contributed by atoms with van der Waals surface area (Å²) < 4.78 is 10.5. The van der Waals surface area contributed by atoms with Crippen molar-refractivity contribution < 1.29 is 14.3 Å². The van der Waals surface area contributed by atoms with Gasteiger partial charge in [0.1, 0.15) is 5.76 Å². The van der Waals surface area contributed by atoms with Crippen LogP contribution in [0.5, 0.6) is 0 Å². The Morgan fingerprint density at radius 3 is 2.69 bits per heavy atom. The molecular weight excluding hydrogens is 445 g/mol. The Kier molecular flexibility index (Phi) is 12.0. The number of halogens is 1. The summed E-state index contributed by atoms with van der Waals surface area (Å²) >= 11 is 0. The molecule has 150 valence electrons. The molecule has 0 atom stereocenters. The maximum Gasteiger partial charge on any atom is 0.191 e. The van der Waals surface area contributed by atoms with Crippen molar-refractivity contribution >= 4 is 29.9 Å². The van der Waals surface area contributed by atoms with E-state index in [2.05, 4.69) is 10.6 Å². The highest BCUT2D eigenvalue weighted by atomic mass is 127.